The van der Waals surface area contributed by atoms with Crippen molar-refractivity contribution < 1.29 is 13.9 Å². The van der Waals surface area contributed by atoms with Crippen LogP contribution in [0.4, 0.5) is 10.2 Å². The van der Waals surface area contributed by atoms with E-state index in [9.17, 15) is 9.18 Å². The van der Waals surface area contributed by atoms with Crippen molar-refractivity contribution in [2.75, 3.05) is 19.1 Å². The van der Waals surface area contributed by atoms with Gasteiger partial charge >= 0.3 is 0 Å². The molecule has 3 aromatic rings. The molecule has 0 aliphatic heterocycles. The van der Waals surface area contributed by atoms with Crippen molar-refractivity contribution in [1.82, 2.24) is 25.2 Å². The van der Waals surface area contributed by atoms with E-state index in [1.165, 1.54) is 30.3 Å². The Morgan fingerprint density at radius 3 is 3.04 bits per heavy atom. The second kappa shape index (κ2) is 7.01. The zero-order valence-corrected chi connectivity index (χ0v) is 12.9. The summed E-state index contributed by atoms with van der Waals surface area (Å²) in [6.07, 6.45) is 3.10. The number of aromatic nitrogens is 4. The Bertz CT molecular complexity index is 866. The van der Waals surface area contributed by atoms with Gasteiger partial charge in [-0.3, -0.25) is 15.6 Å². The highest BCUT2D eigenvalue weighted by Gasteiger charge is 2.12. The highest BCUT2D eigenvalue weighted by atomic mass is 19.1. The van der Waals surface area contributed by atoms with Crippen LogP contribution < -0.4 is 10.9 Å². The Morgan fingerprint density at radius 1 is 1.38 bits per heavy atom. The predicted molar refractivity (Wildman–Crippen MR) is 84.9 cm³/mol. The third kappa shape index (κ3) is 3.30. The molecule has 0 radical (unpaired) electrons. The van der Waals surface area contributed by atoms with E-state index >= 15 is 0 Å². The van der Waals surface area contributed by atoms with Gasteiger partial charge < -0.3 is 4.74 Å². The summed E-state index contributed by atoms with van der Waals surface area (Å²) >= 11 is 0. The molecule has 0 spiro atoms. The summed E-state index contributed by atoms with van der Waals surface area (Å²) in [4.78, 5) is 19.9. The smallest absolute Gasteiger partial charge is 0.240 e. The second-order valence-electron chi connectivity index (χ2n) is 4.91. The molecule has 0 aliphatic carbocycles. The molecule has 2 N–H and O–H groups in total. The fourth-order valence-corrected chi connectivity index (χ4v) is 2.13. The Kier molecular flexibility index (Phi) is 4.62. The molecule has 2 heterocycles. The molecule has 0 unspecified atom stereocenters. The van der Waals surface area contributed by atoms with Crippen LogP contribution in [0, 0.1) is 5.82 Å². The summed E-state index contributed by atoms with van der Waals surface area (Å²) in [6, 6.07) is 6.02. The van der Waals surface area contributed by atoms with E-state index < -0.39 is 0 Å². The molecule has 0 saturated carbocycles. The summed E-state index contributed by atoms with van der Waals surface area (Å²) in [6.45, 7) is 0.324. The number of rotatable bonds is 6. The topological polar surface area (TPSA) is 94.0 Å². The fraction of sp³-hybridized carbons (Fsp3) is 0.200. The zero-order chi connectivity index (χ0) is 16.9. The van der Waals surface area contributed by atoms with Crippen molar-refractivity contribution in [2.45, 2.75) is 6.42 Å². The van der Waals surface area contributed by atoms with Gasteiger partial charge in [-0.1, -0.05) is 6.07 Å². The standard InChI is InChI=1S/C15H15FN6O2/c1-24-6-5-13(23)20-21-14-12-8-19-22(15(12)18-9-17-14)11-4-2-3-10(16)7-11/h2-4,7-9H,5-6H2,1H3,(H,20,23)(H,17,18,21). The van der Waals surface area contributed by atoms with Crippen molar-refractivity contribution in [3.8, 4) is 5.69 Å². The average Bonchev–Trinajstić information content (AvgIpc) is 3.02. The summed E-state index contributed by atoms with van der Waals surface area (Å²) < 4.78 is 19.7. The monoisotopic (exact) mass is 330 g/mol. The van der Waals surface area contributed by atoms with Crippen molar-refractivity contribution in [3.05, 3.63) is 42.6 Å². The number of halogens is 1. The molecule has 2 aromatic heterocycles. The molecule has 0 atom stereocenters. The second-order valence-corrected chi connectivity index (χ2v) is 4.91. The lowest BCUT2D eigenvalue weighted by molar-refractivity contribution is -0.121. The minimum absolute atomic E-state index is 0.223. The van der Waals surface area contributed by atoms with E-state index in [2.05, 4.69) is 25.9 Å². The van der Waals surface area contributed by atoms with Crippen LogP contribution in [0.15, 0.2) is 36.8 Å². The van der Waals surface area contributed by atoms with Crippen molar-refractivity contribution in [2.24, 2.45) is 0 Å². The summed E-state index contributed by atoms with van der Waals surface area (Å²) in [5.41, 5.74) is 6.30. The number of nitrogens with zero attached hydrogens (tertiary/aromatic N) is 4. The molecule has 0 bridgehead atoms. The number of benzene rings is 1. The molecule has 24 heavy (non-hydrogen) atoms. The van der Waals surface area contributed by atoms with Gasteiger partial charge in [0.15, 0.2) is 11.5 Å². The number of methoxy groups -OCH3 is 1. The lowest BCUT2D eigenvalue weighted by Crippen LogP contribution is -2.30. The molecule has 124 valence electrons. The minimum Gasteiger partial charge on any atom is -0.384 e. The van der Waals surface area contributed by atoms with Crippen molar-refractivity contribution >= 4 is 22.8 Å². The third-order valence-corrected chi connectivity index (χ3v) is 3.27. The van der Waals surface area contributed by atoms with E-state index in [-0.39, 0.29) is 18.1 Å². The average molecular weight is 330 g/mol. The molecule has 0 aliphatic rings. The van der Waals surface area contributed by atoms with Crippen LogP contribution >= 0.6 is 0 Å². The number of fused-ring (bicyclic) bond motifs is 1. The number of nitrogens with one attached hydrogen (secondary N) is 2. The van der Waals surface area contributed by atoms with Gasteiger partial charge in [0.2, 0.25) is 5.91 Å². The molecule has 9 heteroatoms. The van der Waals surface area contributed by atoms with Gasteiger partial charge in [0.05, 0.1) is 30.3 Å². The molecular formula is C15H15FN6O2. The van der Waals surface area contributed by atoms with Gasteiger partial charge in [-0.05, 0) is 18.2 Å². The molecule has 0 saturated heterocycles. The minimum atomic E-state index is -0.367. The van der Waals surface area contributed by atoms with Crippen LogP contribution in [0.3, 0.4) is 0 Å². The molecule has 1 aromatic carbocycles. The SMILES string of the molecule is COCCC(=O)NNc1ncnc2c1cnn2-c1cccc(F)c1. The molecular weight excluding hydrogens is 315 g/mol. The largest absolute Gasteiger partial charge is 0.384 e. The first kappa shape index (κ1) is 15.8. The number of ether oxygens (including phenoxy) is 1. The van der Waals surface area contributed by atoms with Crippen LogP contribution in [0.5, 0.6) is 0 Å². The number of hydrogen-bond donors (Lipinski definition) is 2. The van der Waals surface area contributed by atoms with Crippen LogP contribution in [0.25, 0.3) is 16.7 Å². The Balaban J connectivity index is 1.85. The number of anilines is 1. The van der Waals surface area contributed by atoms with E-state index in [1.807, 2.05) is 0 Å². The van der Waals surface area contributed by atoms with Gasteiger partial charge in [0, 0.05) is 7.11 Å². The van der Waals surface area contributed by atoms with Gasteiger partial charge in [0.25, 0.3) is 0 Å². The first-order valence-corrected chi connectivity index (χ1v) is 7.17. The third-order valence-electron chi connectivity index (χ3n) is 3.27. The lowest BCUT2D eigenvalue weighted by atomic mass is 10.3. The Labute approximate surface area is 136 Å². The van der Waals surface area contributed by atoms with Gasteiger partial charge in [-0.2, -0.15) is 5.10 Å². The maximum atomic E-state index is 13.4. The van der Waals surface area contributed by atoms with Crippen LogP contribution in [-0.2, 0) is 9.53 Å². The lowest BCUT2D eigenvalue weighted by Gasteiger charge is -2.08. The number of carbonyl (C=O) groups excluding carboxylic acids is 1. The van der Waals surface area contributed by atoms with E-state index in [1.54, 1.807) is 18.3 Å². The summed E-state index contributed by atoms with van der Waals surface area (Å²) in [5, 5.41) is 4.81. The highest BCUT2D eigenvalue weighted by molar-refractivity contribution is 5.88. The first-order chi connectivity index (χ1) is 11.7. The molecule has 0 fully saturated rings. The quantitative estimate of drug-likeness (QED) is 0.664. The van der Waals surface area contributed by atoms with Gasteiger partial charge in [0.1, 0.15) is 12.1 Å². The number of carbonyl (C=O) groups is 1. The van der Waals surface area contributed by atoms with Crippen LogP contribution in [0.2, 0.25) is 0 Å². The number of amides is 1. The van der Waals surface area contributed by atoms with E-state index in [0.29, 0.717) is 29.1 Å². The maximum Gasteiger partial charge on any atom is 0.240 e. The van der Waals surface area contributed by atoms with E-state index in [0.717, 1.165) is 0 Å². The van der Waals surface area contributed by atoms with Crippen LogP contribution in [0.1, 0.15) is 6.42 Å². The Hall–Kier alpha value is -3.07. The number of hydrazine groups is 1. The highest BCUT2D eigenvalue weighted by Crippen LogP contribution is 2.21. The van der Waals surface area contributed by atoms with E-state index in [4.69, 9.17) is 4.74 Å². The van der Waals surface area contributed by atoms with Crippen LogP contribution in [-0.4, -0.2) is 39.4 Å². The summed E-state index contributed by atoms with van der Waals surface area (Å²) in [5.74, 6) is -0.205. The predicted octanol–water partition coefficient (Wildman–Crippen LogP) is 1.43. The first-order valence-electron chi connectivity index (χ1n) is 7.17. The molecule has 8 nitrogen and oxygen atoms in total. The fourth-order valence-electron chi connectivity index (χ4n) is 2.13. The normalized spacial score (nSPS) is 10.8. The van der Waals surface area contributed by atoms with Crippen molar-refractivity contribution in [3.63, 3.8) is 0 Å². The number of hydrogen-bond acceptors (Lipinski definition) is 6. The molecule has 1 amide bonds. The zero-order valence-electron chi connectivity index (χ0n) is 12.9. The maximum absolute atomic E-state index is 13.4. The van der Waals surface area contributed by atoms with Crippen molar-refractivity contribution in [1.29, 1.82) is 0 Å². The Morgan fingerprint density at radius 2 is 2.25 bits per heavy atom. The summed E-state index contributed by atoms with van der Waals surface area (Å²) in [7, 11) is 1.52. The molecule has 3 rings (SSSR count). The van der Waals surface area contributed by atoms with Gasteiger partial charge in [-0.25, -0.2) is 19.0 Å². The van der Waals surface area contributed by atoms with Gasteiger partial charge in [-0.15, -0.1) is 0 Å².